The quantitative estimate of drug-likeness (QED) is 0.804. The van der Waals surface area contributed by atoms with Crippen molar-refractivity contribution in [2.24, 2.45) is 0 Å². The molecule has 0 aliphatic heterocycles. The average Bonchev–Trinajstić information content (AvgIpc) is 2.28. The van der Waals surface area contributed by atoms with Gasteiger partial charge in [-0.05, 0) is 25.1 Å². The van der Waals surface area contributed by atoms with Crippen LogP contribution in [0.4, 0.5) is 5.69 Å². The summed E-state index contributed by atoms with van der Waals surface area (Å²) in [6.45, 7) is 1.41. The van der Waals surface area contributed by atoms with Gasteiger partial charge in [-0.3, -0.25) is 9.78 Å². The van der Waals surface area contributed by atoms with E-state index in [9.17, 15) is 9.90 Å². The van der Waals surface area contributed by atoms with E-state index in [-0.39, 0.29) is 17.1 Å². The highest BCUT2D eigenvalue weighted by molar-refractivity contribution is 6.02. The van der Waals surface area contributed by atoms with Gasteiger partial charge in [-0.1, -0.05) is 0 Å². The number of fused-ring (bicyclic) bond motifs is 1. The summed E-state index contributed by atoms with van der Waals surface area (Å²) in [5.74, 6) is -0.179. The molecule has 0 amide bonds. The number of ketones is 1. The minimum atomic E-state index is -0.186. The molecule has 0 radical (unpaired) electrons. The summed E-state index contributed by atoms with van der Waals surface area (Å²) < 4.78 is 0. The number of aromatic hydroxyl groups is 1. The van der Waals surface area contributed by atoms with Gasteiger partial charge in [0.2, 0.25) is 0 Å². The van der Waals surface area contributed by atoms with Crippen LogP contribution in [-0.4, -0.2) is 30.0 Å². The topological polar surface area (TPSA) is 53.4 Å². The molecule has 0 spiro atoms. The predicted octanol–water partition coefficient (Wildman–Crippen LogP) is 2.21. The SMILES string of the molecule is CC(=O)c1cnc2cc(N(C)C)ccc2c1O. The van der Waals surface area contributed by atoms with Crippen molar-refractivity contribution in [1.82, 2.24) is 4.98 Å². The van der Waals surface area contributed by atoms with Gasteiger partial charge in [-0.2, -0.15) is 0 Å². The van der Waals surface area contributed by atoms with Crippen LogP contribution in [0.15, 0.2) is 24.4 Å². The molecule has 88 valence electrons. The van der Waals surface area contributed by atoms with Crippen LogP contribution in [-0.2, 0) is 0 Å². The van der Waals surface area contributed by atoms with Gasteiger partial charge in [0.15, 0.2) is 5.78 Å². The Kier molecular flexibility index (Phi) is 2.71. The van der Waals surface area contributed by atoms with Crippen LogP contribution >= 0.6 is 0 Å². The first-order valence-electron chi connectivity index (χ1n) is 5.30. The summed E-state index contributed by atoms with van der Waals surface area (Å²) >= 11 is 0. The van der Waals surface area contributed by atoms with Crippen molar-refractivity contribution in [2.75, 3.05) is 19.0 Å². The van der Waals surface area contributed by atoms with E-state index in [1.54, 1.807) is 6.07 Å². The highest BCUT2D eigenvalue weighted by atomic mass is 16.3. The van der Waals surface area contributed by atoms with E-state index in [4.69, 9.17) is 0 Å². The van der Waals surface area contributed by atoms with Gasteiger partial charge in [-0.25, -0.2) is 0 Å². The fraction of sp³-hybridized carbons (Fsp3) is 0.231. The highest BCUT2D eigenvalue weighted by Crippen LogP contribution is 2.29. The Morgan fingerprint density at radius 2 is 2.06 bits per heavy atom. The minimum absolute atomic E-state index is 0.00723. The van der Waals surface area contributed by atoms with Gasteiger partial charge in [0.05, 0.1) is 11.1 Å². The van der Waals surface area contributed by atoms with Crippen LogP contribution in [0.25, 0.3) is 10.9 Å². The van der Waals surface area contributed by atoms with Crippen molar-refractivity contribution >= 4 is 22.4 Å². The molecule has 1 aromatic heterocycles. The Morgan fingerprint density at radius 1 is 1.35 bits per heavy atom. The lowest BCUT2D eigenvalue weighted by Crippen LogP contribution is -2.08. The number of carbonyl (C=O) groups is 1. The molecular weight excluding hydrogens is 216 g/mol. The number of hydrogen-bond acceptors (Lipinski definition) is 4. The maximum atomic E-state index is 11.3. The summed E-state index contributed by atoms with van der Waals surface area (Å²) in [5, 5.41) is 10.6. The van der Waals surface area contributed by atoms with E-state index < -0.39 is 0 Å². The molecule has 4 nitrogen and oxygen atoms in total. The second-order valence-electron chi connectivity index (χ2n) is 4.17. The number of anilines is 1. The highest BCUT2D eigenvalue weighted by Gasteiger charge is 2.11. The Bertz CT molecular complexity index is 591. The first kappa shape index (κ1) is 11.4. The molecule has 1 heterocycles. The first-order valence-corrected chi connectivity index (χ1v) is 5.30. The molecule has 0 atom stereocenters. The van der Waals surface area contributed by atoms with Gasteiger partial charge in [0.1, 0.15) is 5.75 Å². The molecule has 0 fully saturated rings. The maximum absolute atomic E-state index is 11.3. The van der Waals surface area contributed by atoms with Crippen molar-refractivity contribution in [3.63, 3.8) is 0 Å². The Balaban J connectivity index is 2.68. The molecule has 17 heavy (non-hydrogen) atoms. The zero-order chi connectivity index (χ0) is 12.6. The minimum Gasteiger partial charge on any atom is -0.506 e. The van der Waals surface area contributed by atoms with Crippen LogP contribution in [0.3, 0.4) is 0 Å². The molecule has 2 rings (SSSR count). The number of hydrogen-bond donors (Lipinski definition) is 1. The normalized spacial score (nSPS) is 10.5. The van der Waals surface area contributed by atoms with Gasteiger partial charge in [0.25, 0.3) is 0 Å². The van der Waals surface area contributed by atoms with Gasteiger partial charge >= 0.3 is 0 Å². The second kappa shape index (κ2) is 4.05. The summed E-state index contributed by atoms with van der Waals surface area (Å²) in [4.78, 5) is 17.4. The van der Waals surface area contributed by atoms with Crippen LogP contribution in [0.1, 0.15) is 17.3 Å². The number of pyridine rings is 1. The van der Waals surface area contributed by atoms with E-state index in [2.05, 4.69) is 4.98 Å². The molecule has 4 heteroatoms. The number of carbonyl (C=O) groups excluding carboxylic acids is 1. The lowest BCUT2D eigenvalue weighted by Gasteiger charge is -2.13. The Hall–Kier alpha value is -2.10. The smallest absolute Gasteiger partial charge is 0.165 e. The third-order valence-electron chi connectivity index (χ3n) is 2.72. The van der Waals surface area contributed by atoms with Crippen molar-refractivity contribution in [1.29, 1.82) is 0 Å². The van der Waals surface area contributed by atoms with Crippen molar-refractivity contribution in [3.8, 4) is 5.75 Å². The molecule has 0 saturated heterocycles. The summed E-state index contributed by atoms with van der Waals surface area (Å²) in [6, 6.07) is 5.53. The van der Waals surface area contributed by atoms with Crippen LogP contribution < -0.4 is 4.90 Å². The van der Waals surface area contributed by atoms with Crippen molar-refractivity contribution in [3.05, 3.63) is 30.0 Å². The zero-order valence-corrected chi connectivity index (χ0v) is 10.1. The van der Waals surface area contributed by atoms with E-state index in [1.165, 1.54) is 13.1 Å². The number of Topliss-reactive ketones (excluding diaryl/α,β-unsaturated/α-hetero) is 1. The first-order chi connectivity index (χ1) is 8.00. The van der Waals surface area contributed by atoms with E-state index in [1.807, 2.05) is 31.1 Å². The van der Waals surface area contributed by atoms with E-state index >= 15 is 0 Å². The van der Waals surface area contributed by atoms with Crippen molar-refractivity contribution in [2.45, 2.75) is 6.92 Å². The molecule has 0 bridgehead atoms. The molecule has 0 aliphatic carbocycles. The number of rotatable bonds is 2. The lowest BCUT2D eigenvalue weighted by molar-refractivity contribution is 0.101. The van der Waals surface area contributed by atoms with E-state index in [0.717, 1.165) is 5.69 Å². The predicted molar refractivity (Wildman–Crippen MR) is 67.7 cm³/mol. The third kappa shape index (κ3) is 1.93. The second-order valence-corrected chi connectivity index (χ2v) is 4.17. The van der Waals surface area contributed by atoms with Crippen LogP contribution in [0, 0.1) is 0 Å². The molecule has 0 saturated carbocycles. The molecule has 0 aliphatic rings. The molecule has 2 aromatic rings. The third-order valence-corrected chi connectivity index (χ3v) is 2.72. The molecule has 1 N–H and O–H groups in total. The van der Waals surface area contributed by atoms with Gasteiger partial charge < -0.3 is 10.0 Å². The monoisotopic (exact) mass is 230 g/mol. The van der Waals surface area contributed by atoms with Crippen molar-refractivity contribution < 1.29 is 9.90 Å². The lowest BCUT2D eigenvalue weighted by atomic mass is 10.1. The number of aromatic nitrogens is 1. The largest absolute Gasteiger partial charge is 0.506 e. The standard InChI is InChI=1S/C13H14N2O2/c1-8(16)11-7-14-12-6-9(15(2)3)4-5-10(12)13(11)17/h4-7H,1-3H3,(H,14,17). The maximum Gasteiger partial charge on any atom is 0.165 e. The average molecular weight is 230 g/mol. The summed E-state index contributed by atoms with van der Waals surface area (Å²) in [6.07, 6.45) is 1.42. The summed E-state index contributed by atoms with van der Waals surface area (Å²) in [7, 11) is 3.87. The zero-order valence-electron chi connectivity index (χ0n) is 10.1. The number of nitrogens with zero attached hydrogens (tertiary/aromatic N) is 2. The van der Waals surface area contributed by atoms with E-state index in [0.29, 0.717) is 10.9 Å². The van der Waals surface area contributed by atoms with Crippen LogP contribution in [0.2, 0.25) is 0 Å². The fourth-order valence-corrected chi connectivity index (χ4v) is 1.70. The van der Waals surface area contributed by atoms with Gasteiger partial charge in [-0.15, -0.1) is 0 Å². The van der Waals surface area contributed by atoms with Crippen LogP contribution in [0.5, 0.6) is 5.75 Å². The van der Waals surface area contributed by atoms with Gasteiger partial charge in [0, 0.05) is 31.4 Å². The molecule has 0 unspecified atom stereocenters. The molecule has 1 aromatic carbocycles. The number of benzene rings is 1. The Labute approximate surface area is 99.5 Å². The molecular formula is C13H14N2O2. The Morgan fingerprint density at radius 3 is 2.65 bits per heavy atom. The fourth-order valence-electron chi connectivity index (χ4n) is 1.70. The summed E-state index contributed by atoms with van der Waals surface area (Å²) in [5.41, 5.74) is 1.94.